The molecule has 0 radical (unpaired) electrons. The lowest BCUT2D eigenvalue weighted by Crippen LogP contribution is -2.08. The zero-order valence-corrected chi connectivity index (χ0v) is 40.4. The third-order valence-corrected chi connectivity index (χ3v) is 14.7. The molecule has 10 aromatic carbocycles. The highest BCUT2D eigenvalue weighted by Crippen LogP contribution is 2.46. The minimum Gasteiger partial charge on any atom is -0.309 e. The Balaban J connectivity index is 1.05. The molecule has 5 heteroatoms. The monoisotopic (exact) mass is 945 g/mol. The molecule has 1 unspecified atom stereocenters. The fraction of sp³-hybridized carbons (Fsp3) is 0.0290. The maximum Gasteiger partial charge on any atom is 0.164 e. The first kappa shape index (κ1) is 43.1. The predicted octanol–water partition coefficient (Wildman–Crippen LogP) is 17.4. The van der Waals surface area contributed by atoms with Gasteiger partial charge in [0.25, 0.3) is 0 Å². The third-order valence-electron chi connectivity index (χ3n) is 14.7. The summed E-state index contributed by atoms with van der Waals surface area (Å²) < 4.78 is 4.92. The van der Waals surface area contributed by atoms with Crippen LogP contribution in [0.1, 0.15) is 29.3 Å². The SMILES string of the molecule is C1=C(c2ccccc2)CC(c2ccccc2)C=C1c1nc(-c2ccccc2)nc(-c2cc(-c3ccccc3)c(-n3c4ccccc4c4cc5c(cc43)c3ccccc3n5-c3ccccc3)c(-c3ccccc3)c2)n1. The summed E-state index contributed by atoms with van der Waals surface area (Å²) in [6.45, 7) is 0. The number of fused-ring (bicyclic) bond motifs is 6. The van der Waals surface area contributed by atoms with Crippen LogP contribution < -0.4 is 0 Å². The lowest BCUT2D eigenvalue weighted by molar-refractivity contribution is 0.867. The quantitative estimate of drug-likeness (QED) is 0.145. The van der Waals surface area contributed by atoms with Crippen molar-refractivity contribution in [2.24, 2.45) is 0 Å². The van der Waals surface area contributed by atoms with Crippen LogP contribution in [0.15, 0.2) is 267 Å². The number of hydrogen-bond donors (Lipinski definition) is 0. The second-order valence-corrected chi connectivity index (χ2v) is 19.1. The van der Waals surface area contributed by atoms with Gasteiger partial charge in [0.05, 0.1) is 27.8 Å². The number of allylic oxidation sites excluding steroid dienone is 4. The smallest absolute Gasteiger partial charge is 0.164 e. The maximum absolute atomic E-state index is 5.52. The number of nitrogens with zero attached hydrogens (tertiary/aromatic N) is 5. The molecule has 0 fully saturated rings. The van der Waals surface area contributed by atoms with Crippen molar-refractivity contribution in [2.45, 2.75) is 12.3 Å². The maximum atomic E-state index is 5.52. The molecule has 0 saturated heterocycles. The standard InChI is InChI=1S/C69H47N5/c1-7-23-46(24-8-1)51-39-52(47-25-9-2-10-26-47)41-53(40-51)68-70-67(50-31-15-5-16-32-50)71-69(72-68)54-42-58(48-27-11-3-12-28-48)66(59(43-54)49-29-13-4-14-30-49)74-63-38-22-20-36-57(63)61-44-64-60(45-65(61)74)56-35-19-21-37-62(56)73(64)55-33-17-6-18-34-55/h1-38,40-45,51H,39H2. The average molecular weight is 946 g/mol. The van der Waals surface area contributed by atoms with Gasteiger partial charge in [0.1, 0.15) is 0 Å². The van der Waals surface area contributed by atoms with Crippen molar-refractivity contribution >= 4 is 54.8 Å². The number of rotatable bonds is 9. The minimum atomic E-state index is 0.128. The summed E-state index contributed by atoms with van der Waals surface area (Å²) in [7, 11) is 0. The first-order chi connectivity index (χ1) is 36.7. The summed E-state index contributed by atoms with van der Waals surface area (Å²) in [6, 6.07) is 91.2. The van der Waals surface area contributed by atoms with Gasteiger partial charge >= 0.3 is 0 Å². The molecule has 1 aliphatic rings. The van der Waals surface area contributed by atoms with Crippen molar-refractivity contribution in [3.8, 4) is 56.4 Å². The Morgan fingerprint density at radius 2 is 0.770 bits per heavy atom. The second kappa shape index (κ2) is 18.2. The van der Waals surface area contributed by atoms with E-state index >= 15 is 0 Å². The zero-order valence-electron chi connectivity index (χ0n) is 40.4. The van der Waals surface area contributed by atoms with Crippen LogP contribution in [0.25, 0.3) is 111 Å². The normalized spacial score (nSPS) is 13.6. The summed E-state index contributed by atoms with van der Waals surface area (Å²) in [5.41, 5.74) is 17.6. The first-order valence-corrected chi connectivity index (χ1v) is 25.4. The van der Waals surface area contributed by atoms with E-state index in [1.165, 1.54) is 49.3 Å². The highest BCUT2D eigenvalue weighted by Gasteiger charge is 2.26. The van der Waals surface area contributed by atoms with Crippen LogP contribution in [0.3, 0.4) is 0 Å². The zero-order chi connectivity index (χ0) is 49.0. The largest absolute Gasteiger partial charge is 0.309 e. The van der Waals surface area contributed by atoms with Crippen molar-refractivity contribution in [3.05, 3.63) is 284 Å². The highest BCUT2D eigenvalue weighted by atomic mass is 15.0. The van der Waals surface area contributed by atoms with Crippen LogP contribution in [-0.2, 0) is 0 Å². The molecule has 5 nitrogen and oxygen atoms in total. The summed E-state index contributed by atoms with van der Waals surface area (Å²) in [5, 5.41) is 4.77. The molecule has 0 bridgehead atoms. The fourth-order valence-electron chi connectivity index (χ4n) is 11.3. The number of para-hydroxylation sites is 3. The summed E-state index contributed by atoms with van der Waals surface area (Å²) in [6.07, 6.45) is 5.50. The summed E-state index contributed by atoms with van der Waals surface area (Å²) >= 11 is 0. The first-order valence-electron chi connectivity index (χ1n) is 25.4. The molecule has 0 aliphatic heterocycles. The minimum absolute atomic E-state index is 0.128. The molecule has 3 heterocycles. The molecule has 3 aromatic heterocycles. The van der Waals surface area contributed by atoms with E-state index in [0.717, 1.165) is 67.8 Å². The molecule has 14 rings (SSSR count). The van der Waals surface area contributed by atoms with Crippen LogP contribution in [0.5, 0.6) is 0 Å². The van der Waals surface area contributed by atoms with Gasteiger partial charge in [0, 0.05) is 61.0 Å². The van der Waals surface area contributed by atoms with Gasteiger partial charge in [-0.2, -0.15) is 0 Å². The topological polar surface area (TPSA) is 48.5 Å². The van der Waals surface area contributed by atoms with Crippen molar-refractivity contribution < 1.29 is 0 Å². The van der Waals surface area contributed by atoms with Crippen LogP contribution in [0.4, 0.5) is 0 Å². The molecular weight excluding hydrogens is 899 g/mol. The Morgan fingerprint density at radius 3 is 1.34 bits per heavy atom. The van der Waals surface area contributed by atoms with Crippen molar-refractivity contribution in [2.75, 3.05) is 0 Å². The van der Waals surface area contributed by atoms with Crippen LogP contribution in [-0.4, -0.2) is 24.1 Å². The molecular formula is C69H47N5. The van der Waals surface area contributed by atoms with Gasteiger partial charge in [-0.15, -0.1) is 0 Å². The Hall–Kier alpha value is -9.71. The van der Waals surface area contributed by atoms with E-state index in [1.807, 2.05) is 18.2 Å². The molecule has 1 aliphatic carbocycles. The van der Waals surface area contributed by atoms with Gasteiger partial charge in [-0.3, -0.25) is 0 Å². The summed E-state index contributed by atoms with van der Waals surface area (Å²) in [4.78, 5) is 16.2. The average Bonchev–Trinajstić information content (AvgIpc) is 3.99. The van der Waals surface area contributed by atoms with E-state index < -0.39 is 0 Å². The molecule has 0 N–H and O–H groups in total. The van der Waals surface area contributed by atoms with E-state index in [2.05, 4.69) is 258 Å². The Kier molecular flexibility index (Phi) is 10.6. The van der Waals surface area contributed by atoms with Crippen LogP contribution >= 0.6 is 0 Å². The second-order valence-electron chi connectivity index (χ2n) is 19.1. The van der Waals surface area contributed by atoms with E-state index in [0.29, 0.717) is 17.5 Å². The van der Waals surface area contributed by atoms with E-state index in [1.54, 1.807) is 0 Å². The van der Waals surface area contributed by atoms with Crippen LogP contribution in [0, 0.1) is 0 Å². The third kappa shape index (κ3) is 7.53. The van der Waals surface area contributed by atoms with Gasteiger partial charge in [0.2, 0.25) is 0 Å². The lowest BCUT2D eigenvalue weighted by atomic mass is 9.83. The number of aromatic nitrogens is 5. The molecule has 1 atom stereocenters. The number of benzene rings is 10. The van der Waals surface area contributed by atoms with E-state index in [4.69, 9.17) is 15.0 Å². The molecule has 13 aromatic rings. The van der Waals surface area contributed by atoms with Gasteiger partial charge in [-0.05, 0) is 88.9 Å². The summed E-state index contributed by atoms with van der Waals surface area (Å²) in [5.74, 6) is 1.99. The van der Waals surface area contributed by atoms with Crippen molar-refractivity contribution in [1.82, 2.24) is 24.1 Å². The van der Waals surface area contributed by atoms with E-state index in [-0.39, 0.29) is 5.92 Å². The van der Waals surface area contributed by atoms with Gasteiger partial charge in [-0.25, -0.2) is 15.0 Å². The fourth-order valence-corrected chi connectivity index (χ4v) is 11.3. The van der Waals surface area contributed by atoms with Gasteiger partial charge < -0.3 is 9.13 Å². The lowest BCUT2D eigenvalue weighted by Gasteiger charge is -2.23. The van der Waals surface area contributed by atoms with Crippen LogP contribution in [0.2, 0.25) is 0 Å². The van der Waals surface area contributed by atoms with Crippen molar-refractivity contribution in [1.29, 1.82) is 0 Å². The molecule has 348 valence electrons. The molecule has 0 spiro atoms. The highest BCUT2D eigenvalue weighted by molar-refractivity contribution is 6.19. The number of hydrogen-bond acceptors (Lipinski definition) is 3. The van der Waals surface area contributed by atoms with E-state index in [9.17, 15) is 0 Å². The molecule has 0 saturated carbocycles. The predicted molar refractivity (Wildman–Crippen MR) is 306 cm³/mol. The molecule has 74 heavy (non-hydrogen) atoms. The Morgan fingerprint density at radius 1 is 0.338 bits per heavy atom. The Labute approximate surface area is 429 Å². The van der Waals surface area contributed by atoms with Gasteiger partial charge in [-0.1, -0.05) is 212 Å². The molecule has 0 amide bonds. The van der Waals surface area contributed by atoms with Gasteiger partial charge in [0.15, 0.2) is 17.5 Å². The Bertz CT molecular complexity index is 4230. The van der Waals surface area contributed by atoms with Crippen molar-refractivity contribution in [3.63, 3.8) is 0 Å².